The van der Waals surface area contributed by atoms with Gasteiger partial charge < -0.3 is 10.4 Å². The summed E-state index contributed by atoms with van der Waals surface area (Å²) in [7, 11) is 0. The van der Waals surface area contributed by atoms with Crippen LogP contribution in [0.15, 0.2) is 46.3 Å². The van der Waals surface area contributed by atoms with Gasteiger partial charge in [0.25, 0.3) is 0 Å². The van der Waals surface area contributed by atoms with Gasteiger partial charge in [-0.05, 0) is 38.8 Å². The highest BCUT2D eigenvalue weighted by Crippen LogP contribution is 2.26. The molecule has 0 aliphatic heterocycles. The highest BCUT2D eigenvalue weighted by Gasteiger charge is 2.11. The fourth-order valence-electron chi connectivity index (χ4n) is 2.06. The zero-order valence-corrected chi connectivity index (χ0v) is 13.2. The van der Waals surface area contributed by atoms with Crippen LogP contribution >= 0.6 is 27.3 Å². The number of rotatable bonds is 4. The van der Waals surface area contributed by atoms with E-state index in [0.29, 0.717) is 12.4 Å². The standard InChI is InChI=1S/C15H11BrN2O2S/c16-11-5-6-21-13(11)8-17-14-10-4-2-1-3-9(10)7-12(18-14)15(19)20/h1-7H,8H2,(H,17,18)(H,19,20). The molecule has 2 heterocycles. The summed E-state index contributed by atoms with van der Waals surface area (Å²) >= 11 is 5.11. The lowest BCUT2D eigenvalue weighted by Crippen LogP contribution is -2.06. The van der Waals surface area contributed by atoms with Crippen LogP contribution in [0.1, 0.15) is 15.4 Å². The zero-order valence-electron chi connectivity index (χ0n) is 10.8. The molecule has 0 spiro atoms. The second-order valence-electron chi connectivity index (χ2n) is 4.43. The molecule has 2 N–H and O–H groups in total. The minimum absolute atomic E-state index is 0.0430. The predicted octanol–water partition coefficient (Wildman–Crippen LogP) is 4.37. The summed E-state index contributed by atoms with van der Waals surface area (Å²) in [6.45, 7) is 0.596. The normalized spacial score (nSPS) is 10.7. The number of carbonyl (C=O) groups is 1. The number of aromatic carboxylic acids is 1. The Morgan fingerprint density at radius 1 is 1.33 bits per heavy atom. The maximum atomic E-state index is 11.2. The first-order valence-corrected chi connectivity index (χ1v) is 7.91. The van der Waals surface area contributed by atoms with Gasteiger partial charge in [-0.2, -0.15) is 0 Å². The number of hydrogen-bond acceptors (Lipinski definition) is 4. The summed E-state index contributed by atoms with van der Waals surface area (Å²) in [5.74, 6) is -0.438. The topological polar surface area (TPSA) is 62.2 Å². The van der Waals surface area contributed by atoms with E-state index in [1.807, 2.05) is 35.7 Å². The molecule has 0 fully saturated rings. The molecule has 2 aromatic heterocycles. The molecular formula is C15H11BrN2O2S. The molecule has 0 aliphatic rings. The van der Waals surface area contributed by atoms with E-state index < -0.39 is 5.97 Å². The van der Waals surface area contributed by atoms with E-state index >= 15 is 0 Å². The van der Waals surface area contributed by atoms with Crippen LogP contribution in [0, 0.1) is 0 Å². The Morgan fingerprint density at radius 3 is 2.86 bits per heavy atom. The monoisotopic (exact) mass is 362 g/mol. The van der Waals surface area contributed by atoms with Crippen molar-refractivity contribution in [2.45, 2.75) is 6.54 Å². The van der Waals surface area contributed by atoms with Crippen LogP contribution in [-0.2, 0) is 6.54 Å². The Bertz CT molecular complexity index is 816. The number of benzene rings is 1. The minimum Gasteiger partial charge on any atom is -0.477 e. The van der Waals surface area contributed by atoms with Gasteiger partial charge in [0, 0.05) is 14.7 Å². The molecule has 106 valence electrons. The minimum atomic E-state index is -1.03. The molecule has 0 unspecified atom stereocenters. The molecule has 0 saturated carbocycles. The summed E-state index contributed by atoms with van der Waals surface area (Å²) in [6, 6.07) is 11.2. The smallest absolute Gasteiger partial charge is 0.354 e. The summed E-state index contributed by atoms with van der Waals surface area (Å²) in [4.78, 5) is 16.5. The number of thiophene rings is 1. The first-order valence-electron chi connectivity index (χ1n) is 6.24. The largest absolute Gasteiger partial charge is 0.477 e. The van der Waals surface area contributed by atoms with E-state index in [1.165, 1.54) is 0 Å². The molecule has 3 aromatic rings. The number of nitrogens with one attached hydrogen (secondary N) is 1. The average Bonchev–Trinajstić information content (AvgIpc) is 2.89. The number of fused-ring (bicyclic) bond motifs is 1. The van der Waals surface area contributed by atoms with Crippen molar-refractivity contribution in [1.82, 2.24) is 4.98 Å². The van der Waals surface area contributed by atoms with Gasteiger partial charge in [0.1, 0.15) is 5.82 Å². The van der Waals surface area contributed by atoms with Gasteiger partial charge in [0.2, 0.25) is 0 Å². The van der Waals surface area contributed by atoms with Crippen molar-refractivity contribution >= 4 is 49.8 Å². The predicted molar refractivity (Wildman–Crippen MR) is 88.0 cm³/mol. The highest BCUT2D eigenvalue weighted by molar-refractivity contribution is 9.10. The molecule has 0 amide bonds. The van der Waals surface area contributed by atoms with E-state index in [-0.39, 0.29) is 5.69 Å². The lowest BCUT2D eigenvalue weighted by atomic mass is 10.1. The summed E-state index contributed by atoms with van der Waals surface area (Å²) in [5.41, 5.74) is 0.0430. The van der Waals surface area contributed by atoms with Gasteiger partial charge in [-0.1, -0.05) is 24.3 Å². The van der Waals surface area contributed by atoms with Crippen LogP contribution in [0.2, 0.25) is 0 Å². The maximum Gasteiger partial charge on any atom is 0.354 e. The van der Waals surface area contributed by atoms with Crippen molar-refractivity contribution in [2.75, 3.05) is 5.32 Å². The van der Waals surface area contributed by atoms with E-state index in [4.69, 9.17) is 5.11 Å². The fourth-order valence-corrected chi connectivity index (χ4v) is 3.49. The van der Waals surface area contributed by atoms with Crippen LogP contribution in [0.25, 0.3) is 10.8 Å². The second kappa shape index (κ2) is 5.83. The Labute approximate surface area is 133 Å². The quantitative estimate of drug-likeness (QED) is 0.723. The van der Waals surface area contributed by atoms with Crippen molar-refractivity contribution in [2.24, 2.45) is 0 Å². The van der Waals surface area contributed by atoms with E-state index in [9.17, 15) is 4.79 Å². The Kier molecular flexibility index (Phi) is 3.90. The lowest BCUT2D eigenvalue weighted by molar-refractivity contribution is 0.0691. The first kappa shape index (κ1) is 14.0. The Hall–Kier alpha value is -1.92. The summed E-state index contributed by atoms with van der Waals surface area (Å²) < 4.78 is 1.04. The highest BCUT2D eigenvalue weighted by atomic mass is 79.9. The van der Waals surface area contributed by atoms with Crippen molar-refractivity contribution < 1.29 is 9.90 Å². The third kappa shape index (κ3) is 2.91. The number of carboxylic acids is 1. The third-order valence-electron chi connectivity index (χ3n) is 3.07. The number of anilines is 1. The second-order valence-corrected chi connectivity index (χ2v) is 6.28. The fraction of sp³-hybridized carbons (Fsp3) is 0.0667. The van der Waals surface area contributed by atoms with Crippen molar-refractivity contribution in [3.05, 3.63) is 56.8 Å². The summed E-state index contributed by atoms with van der Waals surface area (Å²) in [5, 5.41) is 16.2. The van der Waals surface area contributed by atoms with Gasteiger partial charge in [-0.15, -0.1) is 11.3 Å². The molecule has 4 nitrogen and oxygen atoms in total. The first-order chi connectivity index (χ1) is 10.1. The maximum absolute atomic E-state index is 11.2. The molecular weight excluding hydrogens is 352 g/mol. The van der Waals surface area contributed by atoms with Gasteiger partial charge >= 0.3 is 5.97 Å². The van der Waals surface area contributed by atoms with E-state index in [1.54, 1.807) is 17.4 Å². The van der Waals surface area contributed by atoms with Crippen LogP contribution < -0.4 is 5.32 Å². The molecule has 21 heavy (non-hydrogen) atoms. The molecule has 0 bridgehead atoms. The summed E-state index contributed by atoms with van der Waals surface area (Å²) in [6.07, 6.45) is 0. The zero-order chi connectivity index (χ0) is 14.8. The van der Waals surface area contributed by atoms with Gasteiger partial charge in [-0.25, -0.2) is 9.78 Å². The van der Waals surface area contributed by atoms with Crippen LogP contribution in [0.3, 0.4) is 0 Å². The number of halogens is 1. The SMILES string of the molecule is O=C(O)c1cc2ccccc2c(NCc2sccc2Br)n1. The van der Waals surface area contributed by atoms with E-state index in [2.05, 4.69) is 26.2 Å². The molecule has 3 rings (SSSR count). The van der Waals surface area contributed by atoms with Crippen LogP contribution in [-0.4, -0.2) is 16.1 Å². The molecule has 1 aromatic carbocycles. The Balaban J connectivity index is 1.99. The number of pyridine rings is 1. The molecule has 0 aliphatic carbocycles. The molecule has 0 atom stereocenters. The number of carboxylic acid groups (broad SMARTS) is 1. The van der Waals surface area contributed by atoms with Gasteiger partial charge in [0.05, 0.1) is 6.54 Å². The molecule has 0 radical (unpaired) electrons. The van der Waals surface area contributed by atoms with Crippen molar-refractivity contribution in [3.63, 3.8) is 0 Å². The molecule has 6 heteroatoms. The van der Waals surface area contributed by atoms with E-state index in [0.717, 1.165) is 20.1 Å². The van der Waals surface area contributed by atoms with Gasteiger partial charge in [0.15, 0.2) is 5.69 Å². The molecule has 0 saturated heterocycles. The number of hydrogen-bond donors (Lipinski definition) is 2. The lowest BCUT2D eigenvalue weighted by Gasteiger charge is -2.09. The van der Waals surface area contributed by atoms with Crippen LogP contribution in [0.4, 0.5) is 5.82 Å². The van der Waals surface area contributed by atoms with Crippen molar-refractivity contribution in [3.8, 4) is 0 Å². The number of aromatic nitrogens is 1. The van der Waals surface area contributed by atoms with Crippen molar-refractivity contribution in [1.29, 1.82) is 0 Å². The number of nitrogens with zero attached hydrogens (tertiary/aromatic N) is 1. The Morgan fingerprint density at radius 2 is 2.14 bits per heavy atom. The van der Waals surface area contributed by atoms with Crippen LogP contribution in [0.5, 0.6) is 0 Å². The third-order valence-corrected chi connectivity index (χ3v) is 4.99. The van der Waals surface area contributed by atoms with Gasteiger partial charge in [-0.3, -0.25) is 0 Å². The average molecular weight is 363 g/mol.